The molecule has 0 amide bonds. The normalized spacial score (nSPS) is 11.6. The van der Waals surface area contributed by atoms with Crippen LogP contribution in [-0.2, 0) is 13.0 Å². The van der Waals surface area contributed by atoms with Crippen molar-refractivity contribution < 1.29 is 0 Å². The van der Waals surface area contributed by atoms with Gasteiger partial charge in [-0.15, -0.1) is 11.3 Å². The van der Waals surface area contributed by atoms with Crippen LogP contribution in [0.4, 0.5) is 5.13 Å². The first-order valence-corrected chi connectivity index (χ1v) is 8.33. The van der Waals surface area contributed by atoms with Crippen LogP contribution in [0.3, 0.4) is 0 Å². The lowest BCUT2D eigenvalue weighted by Gasteiger charge is -2.18. The van der Waals surface area contributed by atoms with Gasteiger partial charge in [-0.1, -0.05) is 27.2 Å². The van der Waals surface area contributed by atoms with Gasteiger partial charge in [0.05, 0.1) is 5.69 Å². The van der Waals surface area contributed by atoms with Gasteiger partial charge in [-0.2, -0.15) is 0 Å². The van der Waals surface area contributed by atoms with E-state index in [-0.39, 0.29) is 0 Å². The molecule has 0 saturated carbocycles. The molecule has 1 aromatic rings. The highest BCUT2D eigenvalue weighted by atomic mass is 32.1. The van der Waals surface area contributed by atoms with E-state index < -0.39 is 0 Å². The van der Waals surface area contributed by atoms with E-state index in [1.54, 1.807) is 0 Å². The minimum atomic E-state index is 0.515. The Morgan fingerprint density at radius 2 is 1.90 bits per heavy atom. The van der Waals surface area contributed by atoms with Crippen LogP contribution in [0.2, 0.25) is 0 Å². The van der Waals surface area contributed by atoms with Crippen molar-refractivity contribution >= 4 is 16.5 Å². The lowest BCUT2D eigenvalue weighted by molar-refractivity contribution is 0.416. The fourth-order valence-corrected chi connectivity index (χ4v) is 2.89. The molecule has 1 heterocycles. The number of hydrogen-bond donors (Lipinski definition) is 1. The number of nitrogens with zero attached hydrogens (tertiary/aromatic N) is 3. The molecule has 5 heteroatoms. The molecule has 0 aliphatic rings. The molecule has 0 unspecified atom stereocenters. The van der Waals surface area contributed by atoms with E-state index >= 15 is 0 Å². The van der Waals surface area contributed by atoms with E-state index in [0.717, 1.165) is 37.6 Å². The zero-order valence-electron chi connectivity index (χ0n) is 13.9. The fourth-order valence-electron chi connectivity index (χ4n) is 1.85. The molecule has 1 rings (SSSR count). The first-order chi connectivity index (χ1) is 9.43. The van der Waals surface area contributed by atoms with Gasteiger partial charge in [0, 0.05) is 37.6 Å². The van der Waals surface area contributed by atoms with Crippen molar-refractivity contribution in [3.05, 3.63) is 10.6 Å². The topological polar surface area (TPSA) is 31.4 Å². The summed E-state index contributed by atoms with van der Waals surface area (Å²) in [5.74, 6) is 0. The highest BCUT2D eigenvalue weighted by Gasteiger charge is 2.13. The summed E-state index contributed by atoms with van der Waals surface area (Å²) < 4.78 is 0. The molecule has 0 aliphatic carbocycles. The summed E-state index contributed by atoms with van der Waals surface area (Å²) in [4.78, 5) is 10.7. The lowest BCUT2D eigenvalue weighted by atomic mass is 10.2. The summed E-state index contributed by atoms with van der Waals surface area (Å²) in [5.41, 5.74) is 1.28. The van der Waals surface area contributed by atoms with Gasteiger partial charge in [-0.25, -0.2) is 4.98 Å². The van der Waals surface area contributed by atoms with Crippen LogP contribution in [0.1, 0.15) is 37.8 Å². The van der Waals surface area contributed by atoms with Gasteiger partial charge in [0.15, 0.2) is 5.13 Å². The van der Waals surface area contributed by atoms with Crippen LogP contribution >= 0.6 is 11.3 Å². The van der Waals surface area contributed by atoms with Gasteiger partial charge in [0.2, 0.25) is 0 Å². The summed E-state index contributed by atoms with van der Waals surface area (Å²) in [6, 6.07) is 0.515. The molecule has 0 fully saturated rings. The van der Waals surface area contributed by atoms with Gasteiger partial charge in [0.25, 0.3) is 0 Å². The number of hydrogen-bond acceptors (Lipinski definition) is 5. The second kappa shape index (κ2) is 8.60. The molecule has 0 saturated heterocycles. The molecule has 0 aromatic carbocycles. The molecule has 0 aliphatic heterocycles. The van der Waals surface area contributed by atoms with E-state index in [1.807, 2.05) is 11.3 Å². The Morgan fingerprint density at radius 1 is 1.20 bits per heavy atom. The third-order valence-electron chi connectivity index (χ3n) is 3.13. The Balaban J connectivity index is 2.73. The van der Waals surface area contributed by atoms with Crippen LogP contribution in [0.25, 0.3) is 0 Å². The monoisotopic (exact) mass is 298 g/mol. The lowest BCUT2D eigenvalue weighted by Crippen LogP contribution is -2.28. The highest BCUT2D eigenvalue weighted by Crippen LogP contribution is 2.26. The number of aryl methyl sites for hydroxylation is 1. The Morgan fingerprint density at radius 3 is 2.45 bits per heavy atom. The molecule has 0 bridgehead atoms. The van der Waals surface area contributed by atoms with E-state index in [1.165, 1.54) is 10.6 Å². The number of anilines is 1. The second-order valence-electron chi connectivity index (χ2n) is 5.88. The molecular formula is C15H30N4S. The SMILES string of the molecule is CCCc1nc(N(C)CCN(C)C)sc1CNC(C)C. The Hall–Kier alpha value is -0.650. The van der Waals surface area contributed by atoms with Gasteiger partial charge in [-0.05, 0) is 20.5 Å². The minimum absolute atomic E-state index is 0.515. The number of rotatable bonds is 9. The van der Waals surface area contributed by atoms with Crippen molar-refractivity contribution in [2.75, 3.05) is 39.1 Å². The number of likely N-dealkylation sites (N-methyl/N-ethyl adjacent to an activating group) is 2. The van der Waals surface area contributed by atoms with Gasteiger partial charge in [0.1, 0.15) is 0 Å². The van der Waals surface area contributed by atoms with Crippen LogP contribution in [0.5, 0.6) is 0 Å². The van der Waals surface area contributed by atoms with E-state index in [2.05, 4.69) is 57.0 Å². The maximum Gasteiger partial charge on any atom is 0.185 e. The molecule has 0 spiro atoms. The number of aromatic nitrogens is 1. The quantitative estimate of drug-likeness (QED) is 0.759. The second-order valence-corrected chi connectivity index (χ2v) is 6.94. The van der Waals surface area contributed by atoms with E-state index in [0.29, 0.717) is 6.04 Å². The zero-order chi connectivity index (χ0) is 15.1. The number of nitrogens with one attached hydrogen (secondary N) is 1. The molecule has 0 radical (unpaired) electrons. The molecule has 1 N–H and O–H groups in total. The average Bonchev–Trinajstić information content (AvgIpc) is 2.77. The Bertz CT molecular complexity index is 387. The van der Waals surface area contributed by atoms with Crippen LogP contribution < -0.4 is 10.2 Å². The smallest absolute Gasteiger partial charge is 0.185 e. The van der Waals surface area contributed by atoms with Crippen molar-refractivity contribution in [1.82, 2.24) is 15.2 Å². The summed E-state index contributed by atoms with van der Waals surface area (Å²) in [5, 5.41) is 4.66. The molecule has 20 heavy (non-hydrogen) atoms. The van der Waals surface area contributed by atoms with Crippen LogP contribution in [0.15, 0.2) is 0 Å². The Labute approximate surface area is 128 Å². The maximum absolute atomic E-state index is 4.84. The standard InChI is InChI=1S/C15H30N4S/c1-7-8-13-14(11-16-12(2)3)20-15(17-13)19(6)10-9-18(4)5/h12,16H,7-11H2,1-6H3. The van der Waals surface area contributed by atoms with Crippen molar-refractivity contribution in [3.63, 3.8) is 0 Å². The van der Waals surface area contributed by atoms with E-state index in [4.69, 9.17) is 4.98 Å². The Kier molecular flexibility index (Phi) is 7.48. The molecule has 1 aromatic heterocycles. The predicted octanol–water partition coefficient (Wildman–Crippen LogP) is 2.59. The summed E-state index contributed by atoms with van der Waals surface area (Å²) in [7, 11) is 6.35. The third kappa shape index (κ3) is 5.77. The van der Waals surface area contributed by atoms with Gasteiger partial charge >= 0.3 is 0 Å². The van der Waals surface area contributed by atoms with Crippen LogP contribution in [-0.4, -0.2) is 50.2 Å². The summed E-state index contributed by atoms with van der Waals surface area (Å²) in [6.07, 6.45) is 2.23. The number of thiazole rings is 1. The summed E-state index contributed by atoms with van der Waals surface area (Å²) in [6.45, 7) is 9.60. The molecular weight excluding hydrogens is 268 g/mol. The predicted molar refractivity (Wildman–Crippen MR) is 89.9 cm³/mol. The van der Waals surface area contributed by atoms with Gasteiger partial charge in [-0.3, -0.25) is 0 Å². The third-order valence-corrected chi connectivity index (χ3v) is 4.35. The van der Waals surface area contributed by atoms with Crippen molar-refractivity contribution in [2.45, 2.75) is 46.2 Å². The highest BCUT2D eigenvalue weighted by molar-refractivity contribution is 7.15. The van der Waals surface area contributed by atoms with Crippen molar-refractivity contribution in [2.24, 2.45) is 0 Å². The fraction of sp³-hybridized carbons (Fsp3) is 0.800. The van der Waals surface area contributed by atoms with Crippen molar-refractivity contribution in [3.8, 4) is 0 Å². The molecule has 4 nitrogen and oxygen atoms in total. The van der Waals surface area contributed by atoms with Gasteiger partial charge < -0.3 is 15.1 Å². The maximum atomic E-state index is 4.84. The zero-order valence-corrected chi connectivity index (χ0v) is 14.7. The minimum Gasteiger partial charge on any atom is -0.350 e. The van der Waals surface area contributed by atoms with Crippen LogP contribution in [0, 0.1) is 0 Å². The molecule has 0 atom stereocenters. The van der Waals surface area contributed by atoms with E-state index in [9.17, 15) is 0 Å². The molecule has 116 valence electrons. The van der Waals surface area contributed by atoms with Crippen molar-refractivity contribution in [1.29, 1.82) is 0 Å². The average molecular weight is 299 g/mol. The largest absolute Gasteiger partial charge is 0.350 e. The first kappa shape index (κ1) is 17.4. The first-order valence-electron chi connectivity index (χ1n) is 7.51. The summed E-state index contributed by atoms with van der Waals surface area (Å²) >= 11 is 1.84.